The van der Waals surface area contributed by atoms with Gasteiger partial charge in [0, 0.05) is 25.6 Å². The fourth-order valence-corrected chi connectivity index (χ4v) is 2.66. The van der Waals surface area contributed by atoms with E-state index < -0.39 is 17.7 Å². The van der Waals surface area contributed by atoms with E-state index in [0.29, 0.717) is 37.6 Å². The van der Waals surface area contributed by atoms with Crippen molar-refractivity contribution in [1.82, 2.24) is 10.6 Å². The molecule has 2 aromatic rings. The second kappa shape index (κ2) is 10.6. The Labute approximate surface area is 159 Å². The summed E-state index contributed by atoms with van der Waals surface area (Å²) in [5.41, 5.74) is 1.58. The van der Waals surface area contributed by atoms with Crippen LogP contribution in [0.4, 0.5) is 8.78 Å². The highest BCUT2D eigenvalue weighted by Crippen LogP contribution is 2.18. The third-order valence-corrected chi connectivity index (χ3v) is 4.27. The van der Waals surface area contributed by atoms with Crippen molar-refractivity contribution in [3.63, 3.8) is 0 Å². The van der Waals surface area contributed by atoms with Crippen LogP contribution < -0.4 is 10.6 Å². The maximum absolute atomic E-state index is 13.4. The summed E-state index contributed by atoms with van der Waals surface area (Å²) < 4.78 is 26.4. The quantitative estimate of drug-likeness (QED) is 0.487. The van der Waals surface area contributed by atoms with Crippen LogP contribution in [0, 0.1) is 11.6 Å². The molecule has 2 atom stereocenters. The summed E-state index contributed by atoms with van der Waals surface area (Å²) in [4.78, 5) is 4.51. The van der Waals surface area contributed by atoms with Gasteiger partial charge in [0.1, 0.15) is 0 Å². The predicted octanol–water partition coefficient (Wildman–Crippen LogP) is 3.75. The Kier molecular flexibility index (Phi) is 8.20. The molecule has 146 valence electrons. The van der Waals surface area contributed by atoms with Crippen molar-refractivity contribution in [3.8, 4) is 0 Å². The fraction of sp³-hybridized carbons (Fsp3) is 0.381. The van der Waals surface area contributed by atoms with Crippen LogP contribution in [0.2, 0.25) is 0 Å². The molecule has 0 saturated carbocycles. The topological polar surface area (TPSA) is 56.7 Å². The van der Waals surface area contributed by atoms with Crippen LogP contribution in [0.3, 0.4) is 0 Å². The zero-order valence-electron chi connectivity index (χ0n) is 15.8. The number of aliphatic hydroxyl groups excluding tert-OH is 1. The van der Waals surface area contributed by atoms with Gasteiger partial charge >= 0.3 is 0 Å². The number of aliphatic hydroxyl groups is 1. The molecule has 0 saturated heterocycles. The first-order chi connectivity index (χ1) is 13.0. The molecule has 0 bridgehead atoms. The average molecular weight is 375 g/mol. The zero-order valence-corrected chi connectivity index (χ0v) is 15.8. The van der Waals surface area contributed by atoms with Crippen molar-refractivity contribution < 1.29 is 13.9 Å². The lowest BCUT2D eigenvalue weighted by Gasteiger charge is -2.16. The summed E-state index contributed by atoms with van der Waals surface area (Å²) >= 11 is 0. The van der Waals surface area contributed by atoms with Gasteiger partial charge in [-0.2, -0.15) is 0 Å². The number of guanidine groups is 1. The van der Waals surface area contributed by atoms with E-state index in [-0.39, 0.29) is 5.92 Å². The van der Waals surface area contributed by atoms with Gasteiger partial charge in [0.05, 0.1) is 6.10 Å². The summed E-state index contributed by atoms with van der Waals surface area (Å²) in [6.07, 6.45) is 0.00959. The molecule has 3 N–H and O–H groups in total. The van der Waals surface area contributed by atoms with Crippen LogP contribution in [-0.4, -0.2) is 30.7 Å². The summed E-state index contributed by atoms with van der Waals surface area (Å²) in [7, 11) is 0. The molecule has 4 nitrogen and oxygen atoms in total. The summed E-state index contributed by atoms with van der Waals surface area (Å²) in [5.74, 6) is -1.11. The summed E-state index contributed by atoms with van der Waals surface area (Å²) in [6, 6.07) is 13.4. The number of rotatable bonds is 8. The first-order valence-electron chi connectivity index (χ1n) is 9.21. The molecular formula is C21H27F2N3O. The van der Waals surface area contributed by atoms with Crippen LogP contribution in [-0.2, 0) is 0 Å². The van der Waals surface area contributed by atoms with E-state index in [1.807, 2.05) is 44.2 Å². The lowest BCUT2D eigenvalue weighted by molar-refractivity contribution is 0.168. The van der Waals surface area contributed by atoms with Gasteiger partial charge in [-0.15, -0.1) is 0 Å². The zero-order chi connectivity index (χ0) is 19.6. The van der Waals surface area contributed by atoms with Crippen LogP contribution in [0.25, 0.3) is 0 Å². The monoisotopic (exact) mass is 375 g/mol. The number of benzene rings is 2. The third kappa shape index (κ3) is 6.64. The highest BCUT2D eigenvalue weighted by atomic mass is 19.2. The van der Waals surface area contributed by atoms with E-state index in [0.717, 1.165) is 11.6 Å². The minimum absolute atomic E-state index is 0.0505. The van der Waals surface area contributed by atoms with Gasteiger partial charge in [-0.05, 0) is 36.6 Å². The van der Waals surface area contributed by atoms with Crippen molar-refractivity contribution >= 4 is 5.96 Å². The Hall–Kier alpha value is -2.47. The molecule has 6 heteroatoms. The Bertz CT molecular complexity index is 737. The van der Waals surface area contributed by atoms with E-state index in [1.165, 1.54) is 6.07 Å². The maximum atomic E-state index is 13.4. The molecule has 0 aliphatic rings. The lowest BCUT2D eigenvalue weighted by Crippen LogP contribution is -2.38. The van der Waals surface area contributed by atoms with E-state index in [2.05, 4.69) is 15.6 Å². The van der Waals surface area contributed by atoms with Crippen molar-refractivity contribution in [3.05, 3.63) is 71.3 Å². The second-order valence-corrected chi connectivity index (χ2v) is 6.44. The van der Waals surface area contributed by atoms with Gasteiger partial charge in [-0.3, -0.25) is 4.99 Å². The average Bonchev–Trinajstić information content (AvgIpc) is 2.68. The van der Waals surface area contributed by atoms with Gasteiger partial charge in [0.2, 0.25) is 0 Å². The second-order valence-electron chi connectivity index (χ2n) is 6.44. The number of hydrogen-bond acceptors (Lipinski definition) is 2. The molecule has 0 spiro atoms. The van der Waals surface area contributed by atoms with E-state index >= 15 is 0 Å². The van der Waals surface area contributed by atoms with Crippen molar-refractivity contribution in [1.29, 1.82) is 0 Å². The summed E-state index contributed by atoms with van der Waals surface area (Å²) in [6.45, 7) is 5.57. The number of halogens is 2. The van der Waals surface area contributed by atoms with Crippen LogP contribution in [0.5, 0.6) is 0 Å². The fourth-order valence-electron chi connectivity index (χ4n) is 2.66. The number of hydrogen-bond donors (Lipinski definition) is 3. The number of nitrogens with one attached hydrogen (secondary N) is 2. The molecule has 2 unspecified atom stereocenters. The van der Waals surface area contributed by atoms with Gasteiger partial charge in [0.25, 0.3) is 0 Å². The smallest absolute Gasteiger partial charge is 0.191 e. The SMILES string of the molecule is CCNC(=NCC(C)c1ccc(F)c(F)c1)NCCC(O)c1ccccc1. The Morgan fingerprint density at radius 3 is 2.44 bits per heavy atom. The Morgan fingerprint density at radius 2 is 1.78 bits per heavy atom. The van der Waals surface area contributed by atoms with E-state index in [9.17, 15) is 13.9 Å². The maximum Gasteiger partial charge on any atom is 0.191 e. The number of nitrogens with zero attached hydrogens (tertiary/aromatic N) is 1. The first-order valence-corrected chi connectivity index (χ1v) is 9.21. The van der Waals surface area contributed by atoms with Gasteiger partial charge in [0.15, 0.2) is 17.6 Å². The lowest BCUT2D eigenvalue weighted by atomic mass is 10.0. The van der Waals surface area contributed by atoms with Crippen molar-refractivity contribution in [2.24, 2.45) is 4.99 Å². The molecule has 2 rings (SSSR count). The standard InChI is InChI=1S/C21H27F2N3O/c1-3-24-21(25-12-11-20(27)16-7-5-4-6-8-16)26-14-15(2)17-9-10-18(22)19(23)13-17/h4-10,13,15,20,27H,3,11-12,14H2,1-2H3,(H2,24,25,26). The van der Waals surface area contributed by atoms with E-state index in [4.69, 9.17) is 0 Å². The number of aliphatic imine (C=N–C) groups is 1. The molecule has 0 amide bonds. The predicted molar refractivity (Wildman–Crippen MR) is 105 cm³/mol. The van der Waals surface area contributed by atoms with Gasteiger partial charge in [-0.25, -0.2) is 8.78 Å². The minimum Gasteiger partial charge on any atom is -0.388 e. The highest BCUT2D eigenvalue weighted by Gasteiger charge is 2.10. The molecule has 0 aliphatic carbocycles. The minimum atomic E-state index is -0.846. The molecule has 0 heterocycles. The van der Waals surface area contributed by atoms with Gasteiger partial charge < -0.3 is 15.7 Å². The van der Waals surface area contributed by atoms with Crippen LogP contribution >= 0.6 is 0 Å². The normalized spacial score (nSPS) is 13.9. The Balaban J connectivity index is 1.88. The molecule has 27 heavy (non-hydrogen) atoms. The molecule has 2 aromatic carbocycles. The third-order valence-electron chi connectivity index (χ3n) is 4.27. The largest absolute Gasteiger partial charge is 0.388 e. The molecular weight excluding hydrogens is 348 g/mol. The van der Waals surface area contributed by atoms with Crippen LogP contribution in [0.1, 0.15) is 43.4 Å². The van der Waals surface area contributed by atoms with Crippen molar-refractivity contribution in [2.45, 2.75) is 32.3 Å². The molecule has 0 aliphatic heterocycles. The highest BCUT2D eigenvalue weighted by molar-refractivity contribution is 5.79. The molecule has 0 aromatic heterocycles. The Morgan fingerprint density at radius 1 is 1.04 bits per heavy atom. The van der Waals surface area contributed by atoms with E-state index in [1.54, 1.807) is 6.07 Å². The summed E-state index contributed by atoms with van der Waals surface area (Å²) in [5, 5.41) is 16.6. The van der Waals surface area contributed by atoms with Crippen LogP contribution in [0.15, 0.2) is 53.5 Å². The van der Waals surface area contributed by atoms with Crippen molar-refractivity contribution in [2.75, 3.05) is 19.6 Å². The molecule has 0 radical (unpaired) electrons. The first kappa shape index (κ1) is 20.8. The molecule has 0 fully saturated rings. The van der Waals surface area contributed by atoms with Gasteiger partial charge in [-0.1, -0.05) is 43.3 Å².